The van der Waals surface area contributed by atoms with Crippen molar-refractivity contribution in [2.24, 2.45) is 0 Å². The van der Waals surface area contributed by atoms with Crippen LogP contribution in [0.3, 0.4) is 0 Å². The number of hydrogen-bond acceptors (Lipinski definition) is 2. The van der Waals surface area contributed by atoms with E-state index in [1.807, 2.05) is 11.3 Å². The second-order valence-corrected chi connectivity index (χ2v) is 17.1. The van der Waals surface area contributed by atoms with Gasteiger partial charge >= 0.3 is 0 Å². The van der Waals surface area contributed by atoms with Crippen LogP contribution in [-0.2, 0) is 5.41 Å². The van der Waals surface area contributed by atoms with Crippen molar-refractivity contribution in [3.8, 4) is 55.6 Å². The molecule has 0 amide bonds. The van der Waals surface area contributed by atoms with E-state index < -0.39 is 0 Å². The van der Waals surface area contributed by atoms with Gasteiger partial charge in [0.25, 0.3) is 0 Å². The molecule has 1 fully saturated rings. The molecule has 8 aromatic carbocycles. The maximum atomic E-state index is 5.54. The van der Waals surface area contributed by atoms with E-state index in [1.165, 1.54) is 130 Å². The average Bonchev–Trinajstić information content (AvgIpc) is 3.93. The van der Waals surface area contributed by atoms with Crippen LogP contribution in [0.2, 0.25) is 0 Å². The van der Waals surface area contributed by atoms with Crippen molar-refractivity contribution in [2.45, 2.75) is 43.4 Å². The third-order valence-corrected chi connectivity index (χ3v) is 14.3. The lowest BCUT2D eigenvalue weighted by molar-refractivity contribution is 0.443. The number of hydrogen-bond donors (Lipinski definition) is 0. The Kier molecular flexibility index (Phi) is 7.16. The molecular formula is C54H39NS. The lowest BCUT2D eigenvalue weighted by Gasteiger charge is -2.30. The lowest BCUT2D eigenvalue weighted by Crippen LogP contribution is -2.25. The molecule has 12 rings (SSSR count). The second kappa shape index (κ2) is 12.5. The van der Waals surface area contributed by atoms with Gasteiger partial charge in [-0.25, -0.2) is 4.98 Å². The first-order valence-electron chi connectivity index (χ1n) is 20.2. The van der Waals surface area contributed by atoms with Gasteiger partial charge in [-0.15, -0.1) is 11.3 Å². The molecule has 9 aromatic rings. The molecule has 1 aromatic heterocycles. The summed E-state index contributed by atoms with van der Waals surface area (Å²) in [7, 11) is 0. The number of nitrogens with zero attached hydrogens (tertiary/aromatic N) is 1. The van der Waals surface area contributed by atoms with E-state index in [2.05, 4.69) is 170 Å². The monoisotopic (exact) mass is 733 g/mol. The Morgan fingerprint density at radius 3 is 1.71 bits per heavy atom. The van der Waals surface area contributed by atoms with Crippen LogP contribution in [-0.4, -0.2) is 4.98 Å². The largest absolute Gasteiger partial charge is 0.240 e. The van der Waals surface area contributed by atoms with Crippen molar-refractivity contribution in [2.75, 3.05) is 0 Å². The van der Waals surface area contributed by atoms with Crippen molar-refractivity contribution in [1.82, 2.24) is 4.98 Å². The van der Waals surface area contributed by atoms with Gasteiger partial charge in [-0.2, -0.15) is 0 Å². The fourth-order valence-electron chi connectivity index (χ4n) is 10.5. The van der Waals surface area contributed by atoms with Crippen LogP contribution in [0.5, 0.6) is 0 Å². The minimum atomic E-state index is -0.376. The van der Waals surface area contributed by atoms with Crippen molar-refractivity contribution in [3.63, 3.8) is 0 Å². The van der Waals surface area contributed by atoms with Gasteiger partial charge in [-0.05, 0) is 114 Å². The summed E-state index contributed by atoms with van der Waals surface area (Å²) < 4.78 is 1.28. The molecule has 1 heterocycles. The summed E-state index contributed by atoms with van der Waals surface area (Å²) >= 11 is 1.93. The van der Waals surface area contributed by atoms with E-state index in [0.717, 1.165) is 5.52 Å². The Balaban J connectivity index is 1.06. The molecule has 0 atom stereocenters. The van der Waals surface area contributed by atoms with Crippen molar-refractivity contribution < 1.29 is 0 Å². The molecular weight excluding hydrogens is 695 g/mol. The molecule has 0 saturated heterocycles. The summed E-state index contributed by atoms with van der Waals surface area (Å²) in [5.41, 5.74) is 19.0. The molecule has 1 spiro atoms. The number of thiazole rings is 1. The summed E-state index contributed by atoms with van der Waals surface area (Å²) in [5, 5.41) is 3.87. The van der Waals surface area contributed by atoms with Crippen LogP contribution in [0.4, 0.5) is 0 Å². The zero-order chi connectivity index (χ0) is 36.8. The van der Waals surface area contributed by atoms with E-state index in [0.29, 0.717) is 5.92 Å². The third kappa shape index (κ3) is 4.63. The summed E-state index contributed by atoms with van der Waals surface area (Å²) in [6, 6.07) is 63.9. The van der Waals surface area contributed by atoms with E-state index in [4.69, 9.17) is 4.98 Å². The van der Waals surface area contributed by atoms with Gasteiger partial charge in [0.15, 0.2) is 0 Å². The van der Waals surface area contributed by atoms with Gasteiger partial charge in [0.2, 0.25) is 0 Å². The van der Waals surface area contributed by atoms with E-state index >= 15 is 0 Å². The highest BCUT2D eigenvalue weighted by Gasteiger charge is 2.51. The maximum absolute atomic E-state index is 5.54. The zero-order valence-electron chi connectivity index (χ0n) is 31.1. The Hall–Kier alpha value is -6.09. The molecule has 56 heavy (non-hydrogen) atoms. The van der Waals surface area contributed by atoms with Crippen LogP contribution < -0.4 is 0 Å². The first-order chi connectivity index (χ1) is 27.8. The SMILES string of the molecule is c1ccc2c(c1)-c1ccccc1C21c2ccccc2-c2ccc(-c3cc(-c4ccc(-c5cccc6ccccc56)cc4)cc4sc(C5CCCCC5)nc34)cc21. The highest BCUT2D eigenvalue weighted by Crippen LogP contribution is 2.63. The fraction of sp³-hybridized carbons (Fsp3) is 0.130. The lowest BCUT2D eigenvalue weighted by atomic mass is 9.70. The number of fused-ring (bicyclic) bond motifs is 12. The fourth-order valence-corrected chi connectivity index (χ4v) is 11.7. The Labute approximate surface area is 332 Å². The highest BCUT2D eigenvalue weighted by molar-refractivity contribution is 7.18. The summed E-state index contributed by atoms with van der Waals surface area (Å²) in [6.45, 7) is 0. The summed E-state index contributed by atoms with van der Waals surface area (Å²) in [5.74, 6) is 0.557. The minimum Gasteiger partial charge on any atom is -0.240 e. The Bertz CT molecular complexity index is 2940. The first kappa shape index (κ1) is 32.2. The quantitative estimate of drug-likeness (QED) is 0.175. The van der Waals surface area contributed by atoms with Crippen molar-refractivity contribution >= 4 is 32.3 Å². The van der Waals surface area contributed by atoms with E-state index in [1.54, 1.807) is 0 Å². The van der Waals surface area contributed by atoms with Crippen LogP contribution in [0.25, 0.3) is 76.6 Å². The molecule has 0 aliphatic heterocycles. The predicted octanol–water partition coefficient (Wildman–Crippen LogP) is 14.8. The van der Waals surface area contributed by atoms with Crippen LogP contribution in [0, 0.1) is 0 Å². The summed E-state index contributed by atoms with van der Waals surface area (Å²) in [4.78, 5) is 5.54. The van der Waals surface area contributed by atoms with Gasteiger partial charge in [-0.1, -0.05) is 171 Å². The number of benzene rings is 8. The topological polar surface area (TPSA) is 12.9 Å². The standard InChI is InChI=1S/C54H39NS/c1-2-14-37(15-3-1)53-55-52-46(31-39(33-51(52)56-53)34-25-27-36(28-26-34)41-21-12-16-35-13-4-5-17-40(35)41)38-29-30-45-44-20-8-11-24-49(44)54(50(45)32-38)47-22-9-6-18-42(47)43-19-7-10-23-48(43)54/h4-13,16-33,37H,1-3,14-15H2. The minimum absolute atomic E-state index is 0.376. The molecule has 3 aliphatic carbocycles. The van der Waals surface area contributed by atoms with Gasteiger partial charge in [0, 0.05) is 11.5 Å². The number of aromatic nitrogens is 1. The van der Waals surface area contributed by atoms with Crippen LogP contribution in [0.15, 0.2) is 170 Å². The molecule has 0 bridgehead atoms. The number of rotatable bonds is 4. The Morgan fingerprint density at radius 1 is 0.429 bits per heavy atom. The molecule has 1 nitrogen and oxygen atoms in total. The molecule has 0 radical (unpaired) electrons. The van der Waals surface area contributed by atoms with E-state index in [-0.39, 0.29) is 5.41 Å². The highest BCUT2D eigenvalue weighted by atomic mass is 32.1. The van der Waals surface area contributed by atoms with Gasteiger partial charge in [0.1, 0.15) is 0 Å². The maximum Gasteiger partial charge on any atom is 0.0969 e. The molecule has 266 valence electrons. The van der Waals surface area contributed by atoms with Crippen LogP contribution in [0.1, 0.15) is 65.3 Å². The summed E-state index contributed by atoms with van der Waals surface area (Å²) in [6.07, 6.45) is 6.44. The molecule has 0 unspecified atom stereocenters. The second-order valence-electron chi connectivity index (χ2n) is 16.0. The van der Waals surface area contributed by atoms with Crippen LogP contribution >= 0.6 is 11.3 Å². The smallest absolute Gasteiger partial charge is 0.0969 e. The third-order valence-electron chi connectivity index (χ3n) is 13.1. The van der Waals surface area contributed by atoms with E-state index in [9.17, 15) is 0 Å². The zero-order valence-corrected chi connectivity index (χ0v) is 32.0. The average molecular weight is 734 g/mol. The van der Waals surface area contributed by atoms with Gasteiger partial charge in [-0.3, -0.25) is 0 Å². The molecule has 0 N–H and O–H groups in total. The first-order valence-corrected chi connectivity index (χ1v) is 21.0. The normalized spacial score (nSPS) is 15.2. The molecule has 2 heteroatoms. The van der Waals surface area contributed by atoms with Crippen molar-refractivity contribution in [1.29, 1.82) is 0 Å². The van der Waals surface area contributed by atoms with Crippen molar-refractivity contribution in [3.05, 3.63) is 197 Å². The molecule has 3 aliphatic rings. The van der Waals surface area contributed by atoms with Gasteiger partial charge < -0.3 is 0 Å². The predicted molar refractivity (Wildman–Crippen MR) is 236 cm³/mol. The Morgan fingerprint density at radius 2 is 1.00 bits per heavy atom. The molecule has 1 saturated carbocycles. The van der Waals surface area contributed by atoms with Gasteiger partial charge in [0.05, 0.1) is 20.6 Å².